The van der Waals surface area contributed by atoms with Crippen LogP contribution in [-0.2, 0) is 14.4 Å². The second-order valence-corrected chi connectivity index (χ2v) is 7.09. The highest BCUT2D eigenvalue weighted by Gasteiger charge is 2.53. The fraction of sp³-hybridized carbons (Fsp3) is 0.583. The predicted octanol–water partition coefficient (Wildman–Crippen LogP) is 1.04. The Morgan fingerprint density at radius 1 is 1.48 bits per heavy atom. The van der Waals surface area contributed by atoms with Crippen LogP contribution in [-0.4, -0.2) is 62.6 Å². The van der Waals surface area contributed by atoms with E-state index in [1.54, 1.807) is 6.92 Å². The summed E-state index contributed by atoms with van der Waals surface area (Å²) in [6, 6.07) is -0.901. The van der Waals surface area contributed by atoms with Gasteiger partial charge < -0.3 is 10.4 Å². The van der Waals surface area contributed by atoms with Gasteiger partial charge in [0.05, 0.1) is 11.5 Å². The topological polar surface area (TPSA) is 86.7 Å². The smallest absolute Gasteiger partial charge is 0.397 e. The van der Waals surface area contributed by atoms with Gasteiger partial charge in [-0.15, -0.1) is 23.5 Å². The van der Waals surface area contributed by atoms with Gasteiger partial charge in [0.25, 0.3) is 5.91 Å². The first-order valence-electron chi connectivity index (χ1n) is 6.43. The van der Waals surface area contributed by atoms with Crippen molar-refractivity contribution in [1.82, 2.24) is 10.2 Å². The van der Waals surface area contributed by atoms with E-state index in [1.165, 1.54) is 11.8 Å². The molecule has 0 aromatic heterocycles. The second-order valence-electron chi connectivity index (χ2n) is 5.00. The number of fused-ring (bicyclic) bond motifs is 1. The summed E-state index contributed by atoms with van der Waals surface area (Å²) < 4.78 is 36.0. The number of carboxylic acid groups (broad SMARTS) is 1. The van der Waals surface area contributed by atoms with Crippen LogP contribution in [0.15, 0.2) is 11.3 Å². The highest BCUT2D eigenvalue weighted by atomic mass is 32.2. The zero-order valence-electron chi connectivity index (χ0n) is 11.8. The van der Waals surface area contributed by atoms with E-state index in [2.05, 4.69) is 5.32 Å². The Kier molecular flexibility index (Phi) is 5.19. The van der Waals surface area contributed by atoms with Gasteiger partial charge in [-0.05, 0) is 12.5 Å². The number of carbonyl (C=O) groups excluding carboxylic acids is 2. The molecule has 0 aromatic carbocycles. The summed E-state index contributed by atoms with van der Waals surface area (Å²) in [5, 5.41) is 11.0. The summed E-state index contributed by atoms with van der Waals surface area (Å²) in [4.78, 5) is 36.0. The number of nitrogens with one attached hydrogen (secondary N) is 1. The van der Waals surface area contributed by atoms with Gasteiger partial charge in [-0.25, -0.2) is 4.79 Å². The highest BCUT2D eigenvalue weighted by Crippen LogP contribution is 2.40. The van der Waals surface area contributed by atoms with Crippen molar-refractivity contribution < 1.29 is 32.7 Å². The number of β-lactam (4-membered cyclic amide) rings is 1. The van der Waals surface area contributed by atoms with Crippen molar-refractivity contribution in [1.29, 1.82) is 0 Å². The largest absolute Gasteiger partial charge is 0.477 e. The molecule has 11 heteroatoms. The van der Waals surface area contributed by atoms with Crippen molar-refractivity contribution in [3.63, 3.8) is 0 Å². The van der Waals surface area contributed by atoms with Crippen LogP contribution in [0.2, 0.25) is 0 Å². The number of thioether (sulfide) groups is 2. The van der Waals surface area contributed by atoms with Gasteiger partial charge in [-0.2, -0.15) is 13.2 Å². The van der Waals surface area contributed by atoms with Crippen LogP contribution in [0, 0.1) is 0 Å². The summed E-state index contributed by atoms with van der Waals surface area (Å²) >= 11 is 1.72. The zero-order valence-corrected chi connectivity index (χ0v) is 13.5. The number of hydrogen-bond acceptors (Lipinski definition) is 5. The molecule has 2 N–H and O–H groups in total. The average Bonchev–Trinajstić information content (AvgIpc) is 2.42. The normalized spacial score (nSPS) is 24.2. The minimum atomic E-state index is -4.36. The number of carboxylic acids is 1. The summed E-state index contributed by atoms with van der Waals surface area (Å²) in [7, 11) is 0. The van der Waals surface area contributed by atoms with Crippen molar-refractivity contribution in [2.45, 2.75) is 24.5 Å². The number of amides is 2. The van der Waals surface area contributed by atoms with Crippen LogP contribution >= 0.6 is 23.5 Å². The van der Waals surface area contributed by atoms with Gasteiger partial charge in [0.2, 0.25) is 5.91 Å². The van der Waals surface area contributed by atoms with Crippen molar-refractivity contribution in [3.05, 3.63) is 11.3 Å². The van der Waals surface area contributed by atoms with Crippen molar-refractivity contribution in [2.24, 2.45) is 0 Å². The van der Waals surface area contributed by atoms with Crippen molar-refractivity contribution in [2.75, 3.05) is 17.3 Å². The molecule has 2 atom stereocenters. The Hall–Kier alpha value is -1.36. The third-order valence-corrected chi connectivity index (χ3v) is 5.60. The average molecular weight is 370 g/mol. The Morgan fingerprint density at radius 3 is 2.70 bits per heavy atom. The molecule has 2 rings (SSSR count). The van der Waals surface area contributed by atoms with Gasteiger partial charge >= 0.3 is 12.1 Å². The third kappa shape index (κ3) is 3.94. The quantitative estimate of drug-likeness (QED) is 0.704. The van der Waals surface area contributed by atoms with Crippen LogP contribution < -0.4 is 5.32 Å². The molecule has 2 heterocycles. The molecule has 0 bridgehead atoms. The van der Waals surface area contributed by atoms with E-state index < -0.39 is 46.9 Å². The number of rotatable bonds is 5. The van der Waals surface area contributed by atoms with E-state index in [4.69, 9.17) is 5.11 Å². The molecule has 0 saturated carbocycles. The fourth-order valence-corrected chi connectivity index (χ4v) is 4.14. The fourth-order valence-electron chi connectivity index (χ4n) is 2.25. The van der Waals surface area contributed by atoms with Crippen LogP contribution in [0.5, 0.6) is 0 Å². The Labute approximate surface area is 137 Å². The van der Waals surface area contributed by atoms with Crippen LogP contribution in [0.1, 0.15) is 6.92 Å². The number of hydrogen-bond donors (Lipinski definition) is 2. The Bertz CT molecular complexity index is 579. The maximum Gasteiger partial charge on any atom is 0.397 e. The molecule has 0 spiro atoms. The number of aliphatic carboxylic acids is 1. The molecule has 0 radical (unpaired) electrons. The summed E-state index contributed by atoms with van der Waals surface area (Å²) in [6.07, 6.45) is -4.36. The molecular weight excluding hydrogens is 357 g/mol. The molecule has 23 heavy (non-hydrogen) atoms. The van der Waals surface area contributed by atoms with E-state index in [1.807, 2.05) is 0 Å². The molecule has 2 aliphatic rings. The van der Waals surface area contributed by atoms with Gasteiger partial charge in [0.15, 0.2) is 0 Å². The van der Waals surface area contributed by atoms with Crippen molar-refractivity contribution in [3.8, 4) is 0 Å². The standard InChI is InChI=1S/C12H13F3N2O4S2/c1-5-2-23-10-7(9(19)17(10)8(5)11(20)21)16-6(18)3-22-4-12(13,14)15/h7,10H,2-4H2,1H3,(H,16,18)(H,20,21)/t7?,10-/m1/s1. The molecule has 1 unspecified atom stereocenters. The van der Waals surface area contributed by atoms with Gasteiger partial charge in [0, 0.05) is 5.75 Å². The van der Waals surface area contributed by atoms with Gasteiger partial charge in [0.1, 0.15) is 17.1 Å². The third-order valence-electron chi connectivity index (χ3n) is 3.18. The maximum atomic E-state index is 12.0. The molecule has 2 aliphatic heterocycles. The lowest BCUT2D eigenvalue weighted by Gasteiger charge is -2.49. The van der Waals surface area contributed by atoms with Crippen LogP contribution in [0.25, 0.3) is 0 Å². The van der Waals surface area contributed by atoms with E-state index in [9.17, 15) is 27.6 Å². The van der Waals surface area contributed by atoms with Crippen LogP contribution in [0.3, 0.4) is 0 Å². The van der Waals surface area contributed by atoms with Gasteiger partial charge in [-0.1, -0.05) is 0 Å². The molecule has 1 fully saturated rings. The lowest BCUT2D eigenvalue weighted by molar-refractivity contribution is -0.150. The number of alkyl halides is 3. The summed E-state index contributed by atoms with van der Waals surface area (Å²) in [5.74, 6) is -3.61. The van der Waals surface area contributed by atoms with E-state index in [-0.39, 0.29) is 5.70 Å². The zero-order chi connectivity index (χ0) is 17.4. The van der Waals surface area contributed by atoms with E-state index >= 15 is 0 Å². The molecule has 0 aliphatic carbocycles. The Balaban J connectivity index is 1.91. The molecule has 6 nitrogen and oxygen atoms in total. The Morgan fingerprint density at radius 2 is 2.13 bits per heavy atom. The predicted molar refractivity (Wildman–Crippen MR) is 78.7 cm³/mol. The highest BCUT2D eigenvalue weighted by molar-refractivity contribution is 8.00. The summed E-state index contributed by atoms with van der Waals surface area (Å²) in [5.41, 5.74) is 0.466. The number of halogens is 3. The second kappa shape index (κ2) is 6.63. The minimum absolute atomic E-state index is 0.0873. The maximum absolute atomic E-state index is 12.0. The molecule has 1 saturated heterocycles. The van der Waals surface area contributed by atoms with Crippen molar-refractivity contribution >= 4 is 41.3 Å². The number of carbonyl (C=O) groups is 3. The first kappa shape index (κ1) is 18.0. The molecule has 2 amide bonds. The SMILES string of the molecule is CC1=C(C(=O)O)N2C(=O)C(NC(=O)CSCC(F)(F)F)[C@H]2SC1. The number of nitrogens with zero attached hydrogens (tertiary/aromatic N) is 1. The summed E-state index contributed by atoms with van der Waals surface area (Å²) in [6.45, 7) is 1.61. The molecular formula is C12H13F3N2O4S2. The van der Waals surface area contributed by atoms with Crippen LogP contribution in [0.4, 0.5) is 13.2 Å². The van der Waals surface area contributed by atoms with E-state index in [0.717, 1.165) is 4.90 Å². The first-order chi connectivity index (χ1) is 10.6. The monoisotopic (exact) mass is 370 g/mol. The molecule has 0 aromatic rings. The lowest BCUT2D eigenvalue weighted by Crippen LogP contribution is -2.70. The minimum Gasteiger partial charge on any atom is -0.477 e. The first-order valence-corrected chi connectivity index (χ1v) is 8.63. The van der Waals surface area contributed by atoms with Gasteiger partial charge in [-0.3, -0.25) is 14.5 Å². The van der Waals surface area contributed by atoms with E-state index in [0.29, 0.717) is 23.1 Å². The lowest BCUT2D eigenvalue weighted by atomic mass is 10.0. The molecule has 128 valence electrons.